The first-order chi connectivity index (χ1) is 15.2. The molecule has 3 aliphatic heterocycles. The Hall–Kier alpha value is -2.59. The second-order valence-corrected chi connectivity index (χ2v) is 10.2. The molecule has 4 aliphatic rings. The lowest BCUT2D eigenvalue weighted by molar-refractivity contribution is -0.124. The zero-order valence-corrected chi connectivity index (χ0v) is 18.1. The van der Waals surface area contributed by atoms with E-state index >= 15 is 0 Å². The average Bonchev–Trinajstić information content (AvgIpc) is 3.29. The maximum atomic E-state index is 14.6. The van der Waals surface area contributed by atoms with Crippen LogP contribution in [0.2, 0.25) is 0 Å². The smallest absolute Gasteiger partial charge is 0.258 e. The molecular formula is C27H29N3O. The molecule has 0 bridgehead atoms. The van der Waals surface area contributed by atoms with Crippen molar-refractivity contribution in [2.45, 2.75) is 68.9 Å². The quantitative estimate of drug-likeness (QED) is 0.540. The summed E-state index contributed by atoms with van der Waals surface area (Å²) in [5.41, 5.74) is 6.45. The van der Waals surface area contributed by atoms with Crippen molar-refractivity contribution in [1.82, 2.24) is 10.3 Å². The van der Waals surface area contributed by atoms with Gasteiger partial charge in [0.25, 0.3) is 5.91 Å². The van der Waals surface area contributed by atoms with Crippen LogP contribution in [0, 0.1) is 0 Å². The highest BCUT2D eigenvalue weighted by Crippen LogP contribution is 2.58. The van der Waals surface area contributed by atoms with E-state index in [2.05, 4.69) is 64.6 Å². The number of carbonyl (C=O) groups is 1. The van der Waals surface area contributed by atoms with Crippen molar-refractivity contribution in [3.8, 4) is 0 Å². The summed E-state index contributed by atoms with van der Waals surface area (Å²) in [4.78, 5) is 20.6. The van der Waals surface area contributed by atoms with Gasteiger partial charge in [0.1, 0.15) is 0 Å². The number of para-hydroxylation sites is 2. The lowest BCUT2D eigenvalue weighted by atomic mass is 9.70. The maximum absolute atomic E-state index is 14.6. The molecular weight excluding hydrogens is 382 g/mol. The number of fused-ring (bicyclic) bond motifs is 6. The van der Waals surface area contributed by atoms with Gasteiger partial charge in [-0.25, -0.2) is 0 Å². The summed E-state index contributed by atoms with van der Waals surface area (Å²) in [6, 6.07) is 15.1. The fraction of sp³-hybridized carbons (Fsp3) is 0.444. The van der Waals surface area contributed by atoms with Crippen molar-refractivity contribution >= 4 is 22.5 Å². The van der Waals surface area contributed by atoms with Gasteiger partial charge in [0, 0.05) is 28.6 Å². The molecule has 0 unspecified atom stereocenters. The Morgan fingerprint density at radius 3 is 2.74 bits per heavy atom. The number of anilines is 1. The molecule has 1 aromatic heterocycles. The monoisotopic (exact) mass is 411 g/mol. The molecule has 4 heterocycles. The summed E-state index contributed by atoms with van der Waals surface area (Å²) in [6.07, 6.45) is 8.05. The molecule has 0 radical (unpaired) electrons. The first-order valence-corrected chi connectivity index (χ1v) is 12.0. The number of aromatic amines is 1. The van der Waals surface area contributed by atoms with E-state index in [9.17, 15) is 4.79 Å². The third-order valence-electron chi connectivity index (χ3n) is 8.65. The third-order valence-corrected chi connectivity index (χ3v) is 8.65. The molecule has 158 valence electrons. The number of aromatic nitrogens is 1. The van der Waals surface area contributed by atoms with E-state index in [0.717, 1.165) is 43.4 Å². The molecule has 2 N–H and O–H groups in total. The van der Waals surface area contributed by atoms with Gasteiger partial charge in [-0.3, -0.25) is 10.1 Å². The number of amides is 1. The van der Waals surface area contributed by atoms with Crippen LogP contribution in [0.5, 0.6) is 0 Å². The molecule has 2 spiro atoms. The normalized spacial score (nSPS) is 28.4. The number of nitrogens with zero attached hydrogens (tertiary/aromatic N) is 1. The van der Waals surface area contributed by atoms with Crippen LogP contribution in [-0.4, -0.2) is 23.0 Å². The van der Waals surface area contributed by atoms with Gasteiger partial charge >= 0.3 is 0 Å². The van der Waals surface area contributed by atoms with E-state index in [0.29, 0.717) is 5.92 Å². The van der Waals surface area contributed by atoms with Crippen molar-refractivity contribution < 1.29 is 4.79 Å². The topological polar surface area (TPSA) is 48.1 Å². The van der Waals surface area contributed by atoms with Crippen molar-refractivity contribution in [3.63, 3.8) is 0 Å². The fourth-order valence-electron chi connectivity index (χ4n) is 7.41. The van der Waals surface area contributed by atoms with Crippen LogP contribution >= 0.6 is 0 Å². The highest BCUT2D eigenvalue weighted by molar-refractivity contribution is 6.13. The predicted octanol–water partition coefficient (Wildman–Crippen LogP) is 5.11. The SMILES string of the molecule is C[C@H]1CC2(CCCCC2)N2C(=O)[C@]3(NCCc4c3[nH]c3ccccc43)c3cccc1c32. The summed E-state index contributed by atoms with van der Waals surface area (Å²) < 4.78 is 0. The summed E-state index contributed by atoms with van der Waals surface area (Å²) in [7, 11) is 0. The summed E-state index contributed by atoms with van der Waals surface area (Å²) in [5.74, 6) is 0.731. The minimum absolute atomic E-state index is 0.0212. The van der Waals surface area contributed by atoms with Gasteiger partial charge in [-0.2, -0.15) is 0 Å². The van der Waals surface area contributed by atoms with Crippen LogP contribution < -0.4 is 10.2 Å². The minimum atomic E-state index is -0.785. The molecule has 1 saturated carbocycles. The number of hydrogen-bond donors (Lipinski definition) is 2. The number of H-pyrrole nitrogens is 1. The van der Waals surface area contributed by atoms with Gasteiger partial charge in [0.15, 0.2) is 5.54 Å². The van der Waals surface area contributed by atoms with Crippen LogP contribution in [0.15, 0.2) is 42.5 Å². The number of hydrogen-bond acceptors (Lipinski definition) is 2. The Morgan fingerprint density at radius 2 is 1.87 bits per heavy atom. The lowest BCUT2D eigenvalue weighted by Crippen LogP contribution is -2.61. The van der Waals surface area contributed by atoms with E-state index in [-0.39, 0.29) is 11.4 Å². The van der Waals surface area contributed by atoms with E-state index < -0.39 is 5.54 Å². The number of nitrogens with one attached hydrogen (secondary N) is 2. The molecule has 2 atom stereocenters. The Bertz CT molecular complexity index is 1230. The fourth-order valence-corrected chi connectivity index (χ4v) is 7.41. The van der Waals surface area contributed by atoms with Gasteiger partial charge in [-0.05, 0) is 48.8 Å². The number of carbonyl (C=O) groups excluding carboxylic acids is 1. The van der Waals surface area contributed by atoms with Gasteiger partial charge in [-0.15, -0.1) is 0 Å². The van der Waals surface area contributed by atoms with Crippen molar-refractivity contribution in [3.05, 3.63) is 64.8 Å². The second-order valence-electron chi connectivity index (χ2n) is 10.2. The minimum Gasteiger partial charge on any atom is -0.356 e. The summed E-state index contributed by atoms with van der Waals surface area (Å²) in [6.45, 7) is 3.18. The average molecular weight is 412 g/mol. The maximum Gasteiger partial charge on any atom is 0.258 e. The zero-order valence-electron chi connectivity index (χ0n) is 18.1. The van der Waals surface area contributed by atoms with Crippen molar-refractivity contribution in [1.29, 1.82) is 0 Å². The molecule has 4 nitrogen and oxygen atoms in total. The van der Waals surface area contributed by atoms with Crippen molar-refractivity contribution in [2.75, 3.05) is 11.4 Å². The number of rotatable bonds is 0. The molecule has 3 aromatic rings. The Kier molecular flexibility index (Phi) is 3.49. The zero-order chi connectivity index (χ0) is 20.8. The van der Waals surface area contributed by atoms with Gasteiger partial charge in [0.2, 0.25) is 0 Å². The largest absolute Gasteiger partial charge is 0.356 e. The van der Waals surface area contributed by atoms with Gasteiger partial charge < -0.3 is 9.88 Å². The van der Waals surface area contributed by atoms with Crippen molar-refractivity contribution in [2.24, 2.45) is 0 Å². The van der Waals surface area contributed by atoms with E-state index in [1.807, 2.05) is 0 Å². The second kappa shape index (κ2) is 6.01. The van der Waals surface area contributed by atoms with Crippen LogP contribution in [0.25, 0.3) is 10.9 Å². The van der Waals surface area contributed by atoms with Gasteiger partial charge in [0.05, 0.1) is 11.4 Å². The molecule has 31 heavy (non-hydrogen) atoms. The standard InChI is InChI=1S/C27H29N3O/c1-17-16-26(13-5-2-6-14-26)30-23-18(17)9-7-10-21(23)27(25(30)31)24-20(12-15-28-27)19-8-3-4-11-22(19)29-24/h3-4,7-11,17,28-29H,2,5-6,12-16H2,1H3/t17-,27-/m0/s1. The Labute approximate surface area is 183 Å². The van der Waals surface area contributed by atoms with Crippen LogP contribution in [0.4, 0.5) is 5.69 Å². The van der Waals surface area contributed by atoms with Gasteiger partial charge in [-0.1, -0.05) is 62.6 Å². The van der Waals surface area contributed by atoms with E-state index in [4.69, 9.17) is 0 Å². The molecule has 2 aromatic carbocycles. The van der Waals surface area contributed by atoms with E-state index in [1.165, 1.54) is 47.0 Å². The highest BCUT2D eigenvalue weighted by atomic mass is 16.2. The third kappa shape index (κ3) is 2.07. The number of benzene rings is 2. The molecule has 0 saturated heterocycles. The van der Waals surface area contributed by atoms with Crippen LogP contribution in [0.1, 0.15) is 73.8 Å². The van der Waals surface area contributed by atoms with Crippen LogP contribution in [0.3, 0.4) is 0 Å². The Balaban J connectivity index is 1.53. The summed E-state index contributed by atoms with van der Waals surface area (Å²) >= 11 is 0. The van der Waals surface area contributed by atoms with Crippen LogP contribution in [-0.2, 0) is 16.8 Å². The highest BCUT2D eigenvalue weighted by Gasteiger charge is 2.62. The molecule has 7 rings (SSSR count). The summed E-state index contributed by atoms with van der Waals surface area (Å²) in [5, 5.41) is 5.01. The predicted molar refractivity (Wildman–Crippen MR) is 124 cm³/mol. The molecule has 4 heteroatoms. The molecule has 1 aliphatic carbocycles. The van der Waals surface area contributed by atoms with E-state index in [1.54, 1.807) is 0 Å². The Morgan fingerprint density at radius 1 is 1.03 bits per heavy atom. The molecule has 1 amide bonds. The lowest BCUT2D eigenvalue weighted by Gasteiger charge is -2.50. The first kappa shape index (κ1) is 18.0. The first-order valence-electron chi connectivity index (χ1n) is 12.0. The molecule has 1 fully saturated rings.